The fraction of sp³-hybridized carbons (Fsp3) is 0.500. The molecule has 0 amide bonds. The van der Waals surface area contributed by atoms with Crippen LogP contribution < -0.4 is 10.5 Å². The van der Waals surface area contributed by atoms with Gasteiger partial charge < -0.3 is 0 Å². The Balaban J connectivity index is 1.83. The van der Waals surface area contributed by atoms with Crippen molar-refractivity contribution in [1.29, 1.82) is 0 Å². The Kier molecular flexibility index (Phi) is 5.19. The van der Waals surface area contributed by atoms with Gasteiger partial charge in [0.2, 0.25) is 5.95 Å². The third kappa shape index (κ3) is 3.48. The predicted molar refractivity (Wildman–Crippen MR) is 110 cm³/mol. The average Bonchev–Trinajstić information content (AvgIpc) is 2.67. The van der Waals surface area contributed by atoms with Crippen molar-refractivity contribution in [2.24, 2.45) is 0 Å². The van der Waals surface area contributed by atoms with Gasteiger partial charge in [-0.3, -0.25) is 19.2 Å². The summed E-state index contributed by atoms with van der Waals surface area (Å²) in [6.45, 7) is 4.97. The van der Waals surface area contributed by atoms with Crippen LogP contribution in [0.2, 0.25) is 10.0 Å². The van der Waals surface area contributed by atoms with Gasteiger partial charge in [-0.25, -0.2) is 4.98 Å². The second-order valence-corrected chi connectivity index (χ2v) is 8.39. The van der Waals surface area contributed by atoms with Crippen LogP contribution in [0.5, 0.6) is 0 Å². The Morgan fingerprint density at radius 1 is 1.07 bits per heavy atom. The monoisotopic (exact) mass is 406 g/mol. The molecule has 2 aromatic rings. The van der Waals surface area contributed by atoms with Crippen LogP contribution in [-0.2, 0) is 6.67 Å². The first-order chi connectivity index (χ1) is 13.0. The fourth-order valence-corrected chi connectivity index (χ4v) is 4.62. The molecular weight excluding hydrogens is 383 g/mol. The van der Waals surface area contributed by atoms with Crippen molar-refractivity contribution in [2.45, 2.75) is 58.7 Å². The largest absolute Gasteiger partial charge is 0.297 e. The Labute approximate surface area is 169 Å². The summed E-state index contributed by atoms with van der Waals surface area (Å²) in [5.74, 6) is 0.652. The first-order valence-corrected chi connectivity index (χ1v) is 10.3. The smallest absolute Gasteiger partial charge is 0.259 e. The minimum absolute atomic E-state index is 0.0214. The molecule has 0 atom stereocenters. The van der Waals surface area contributed by atoms with Gasteiger partial charge in [0.15, 0.2) is 0 Å². The van der Waals surface area contributed by atoms with Crippen LogP contribution in [0.4, 0.5) is 11.6 Å². The Bertz CT molecular complexity index is 921. The third-order valence-corrected chi connectivity index (χ3v) is 6.33. The molecule has 1 aromatic carbocycles. The SMILES string of the molecule is Cc1nc2n(c(=O)c1C)CN(C1CCCCC1)CN2c1ccc(Cl)cc1Cl. The molecule has 1 fully saturated rings. The lowest BCUT2D eigenvalue weighted by Crippen LogP contribution is -2.51. The molecule has 1 aliphatic carbocycles. The van der Waals surface area contributed by atoms with Crippen LogP contribution in [0, 0.1) is 13.8 Å². The van der Waals surface area contributed by atoms with Crippen LogP contribution in [0.15, 0.2) is 23.0 Å². The molecule has 7 heteroatoms. The van der Waals surface area contributed by atoms with E-state index < -0.39 is 0 Å². The van der Waals surface area contributed by atoms with Crippen molar-refractivity contribution in [3.8, 4) is 0 Å². The maximum Gasteiger partial charge on any atom is 0.259 e. The molecule has 2 heterocycles. The van der Waals surface area contributed by atoms with E-state index in [2.05, 4.69) is 4.90 Å². The zero-order valence-corrected chi connectivity index (χ0v) is 17.2. The van der Waals surface area contributed by atoms with Crippen LogP contribution in [-0.4, -0.2) is 27.2 Å². The molecule has 0 saturated heterocycles. The van der Waals surface area contributed by atoms with Crippen molar-refractivity contribution in [3.05, 3.63) is 49.9 Å². The van der Waals surface area contributed by atoms with E-state index in [9.17, 15) is 4.79 Å². The number of hydrogen-bond donors (Lipinski definition) is 0. The first-order valence-electron chi connectivity index (χ1n) is 9.50. The summed E-state index contributed by atoms with van der Waals surface area (Å²) in [7, 11) is 0. The van der Waals surface area contributed by atoms with Gasteiger partial charge in [0.1, 0.15) is 0 Å². The van der Waals surface area contributed by atoms with Gasteiger partial charge in [-0.1, -0.05) is 42.5 Å². The van der Waals surface area contributed by atoms with E-state index in [4.69, 9.17) is 28.2 Å². The zero-order valence-electron chi connectivity index (χ0n) is 15.7. The minimum Gasteiger partial charge on any atom is -0.297 e. The molecule has 0 bridgehead atoms. The summed E-state index contributed by atoms with van der Waals surface area (Å²) < 4.78 is 1.78. The van der Waals surface area contributed by atoms with Gasteiger partial charge in [-0.05, 0) is 44.9 Å². The van der Waals surface area contributed by atoms with Gasteiger partial charge in [0, 0.05) is 22.3 Å². The van der Waals surface area contributed by atoms with Crippen LogP contribution in [0.1, 0.15) is 43.4 Å². The molecule has 144 valence electrons. The number of aromatic nitrogens is 2. The lowest BCUT2D eigenvalue weighted by molar-refractivity contribution is 0.107. The van der Waals surface area contributed by atoms with Crippen LogP contribution in [0.25, 0.3) is 0 Å². The third-order valence-electron chi connectivity index (χ3n) is 5.80. The molecule has 2 aliphatic rings. The number of halogens is 2. The van der Waals surface area contributed by atoms with E-state index in [1.165, 1.54) is 32.1 Å². The van der Waals surface area contributed by atoms with Crippen LogP contribution in [0.3, 0.4) is 0 Å². The van der Waals surface area contributed by atoms with Gasteiger partial charge in [-0.2, -0.15) is 0 Å². The number of aryl methyl sites for hydroxylation is 1. The Hall–Kier alpha value is -1.56. The van der Waals surface area contributed by atoms with Gasteiger partial charge in [0.05, 0.1) is 24.0 Å². The highest BCUT2D eigenvalue weighted by Gasteiger charge is 2.32. The number of rotatable bonds is 2. The summed E-state index contributed by atoms with van der Waals surface area (Å²) in [6.07, 6.45) is 6.13. The van der Waals surface area contributed by atoms with Crippen LogP contribution >= 0.6 is 23.2 Å². The van der Waals surface area contributed by atoms with E-state index in [1.807, 2.05) is 30.9 Å². The number of hydrogen-bond acceptors (Lipinski definition) is 4. The lowest BCUT2D eigenvalue weighted by atomic mass is 9.94. The normalized spacial score (nSPS) is 18.6. The molecule has 0 radical (unpaired) electrons. The van der Waals surface area contributed by atoms with Crippen molar-refractivity contribution in [3.63, 3.8) is 0 Å². The molecular formula is C20H24Cl2N4O. The average molecular weight is 407 g/mol. The maximum atomic E-state index is 13.0. The summed E-state index contributed by atoms with van der Waals surface area (Å²) in [5, 5.41) is 1.15. The molecule has 5 nitrogen and oxygen atoms in total. The van der Waals surface area contributed by atoms with E-state index in [-0.39, 0.29) is 5.56 Å². The van der Waals surface area contributed by atoms with E-state index >= 15 is 0 Å². The zero-order chi connectivity index (χ0) is 19.1. The molecule has 0 N–H and O–H groups in total. The van der Waals surface area contributed by atoms with Crippen molar-refractivity contribution >= 4 is 34.8 Å². The Morgan fingerprint density at radius 2 is 1.81 bits per heavy atom. The number of anilines is 2. The van der Waals surface area contributed by atoms with Gasteiger partial charge >= 0.3 is 0 Å². The second-order valence-electron chi connectivity index (χ2n) is 7.54. The summed E-state index contributed by atoms with van der Waals surface area (Å²) in [5.41, 5.74) is 2.30. The molecule has 0 unspecified atom stereocenters. The number of benzene rings is 1. The quantitative estimate of drug-likeness (QED) is 0.713. The molecule has 1 saturated carbocycles. The second kappa shape index (κ2) is 7.46. The maximum absolute atomic E-state index is 13.0. The molecule has 1 aliphatic heterocycles. The number of fused-ring (bicyclic) bond motifs is 1. The standard InChI is InChI=1S/C20H24Cl2N4O/c1-13-14(2)23-20-25(18-9-8-15(21)10-17(18)22)11-24(12-26(20)19(13)27)16-6-4-3-5-7-16/h8-10,16H,3-7,11-12H2,1-2H3. The van der Waals surface area contributed by atoms with E-state index in [1.54, 1.807) is 10.6 Å². The fourth-order valence-electron chi connectivity index (χ4n) is 4.11. The van der Waals surface area contributed by atoms with E-state index in [0.717, 1.165) is 11.4 Å². The molecule has 4 rings (SSSR count). The summed E-state index contributed by atoms with van der Waals surface area (Å²) in [6, 6.07) is 5.95. The van der Waals surface area contributed by atoms with Crippen molar-refractivity contribution in [2.75, 3.05) is 11.6 Å². The summed E-state index contributed by atoms with van der Waals surface area (Å²) in [4.78, 5) is 22.2. The summed E-state index contributed by atoms with van der Waals surface area (Å²) >= 11 is 12.6. The van der Waals surface area contributed by atoms with E-state index in [0.29, 0.717) is 40.9 Å². The lowest BCUT2D eigenvalue weighted by Gasteiger charge is -2.43. The Morgan fingerprint density at radius 3 is 2.52 bits per heavy atom. The molecule has 27 heavy (non-hydrogen) atoms. The highest BCUT2D eigenvalue weighted by Crippen LogP contribution is 2.36. The highest BCUT2D eigenvalue weighted by molar-refractivity contribution is 6.36. The number of nitrogens with zero attached hydrogens (tertiary/aromatic N) is 4. The first kappa shape index (κ1) is 18.8. The molecule has 0 spiro atoms. The van der Waals surface area contributed by atoms with Crippen molar-refractivity contribution < 1.29 is 0 Å². The minimum atomic E-state index is 0.0214. The molecule has 1 aromatic heterocycles. The highest BCUT2D eigenvalue weighted by atomic mass is 35.5. The van der Waals surface area contributed by atoms with Gasteiger partial charge in [-0.15, -0.1) is 0 Å². The topological polar surface area (TPSA) is 41.4 Å². The van der Waals surface area contributed by atoms with Crippen molar-refractivity contribution in [1.82, 2.24) is 14.5 Å². The predicted octanol–water partition coefficient (Wildman–Crippen LogP) is 4.87. The van der Waals surface area contributed by atoms with Gasteiger partial charge in [0.25, 0.3) is 5.56 Å².